The molecule has 0 aliphatic carbocycles. The molecule has 1 aliphatic heterocycles. The van der Waals surface area contributed by atoms with E-state index in [2.05, 4.69) is 0 Å². The van der Waals surface area contributed by atoms with Crippen LogP contribution >= 0.6 is 0 Å². The zero-order chi connectivity index (χ0) is 15.6. The lowest BCUT2D eigenvalue weighted by atomic mass is 10.2. The first-order valence-electron chi connectivity index (χ1n) is 6.88. The molecule has 5 nitrogen and oxygen atoms in total. The van der Waals surface area contributed by atoms with Crippen molar-refractivity contribution in [2.45, 2.75) is 19.5 Å². The highest BCUT2D eigenvalue weighted by Crippen LogP contribution is 2.32. The van der Waals surface area contributed by atoms with Crippen LogP contribution in [0.25, 0.3) is 0 Å². The molecule has 2 aromatic carbocycles. The molecule has 114 valence electrons. The molecule has 1 aliphatic rings. The predicted molar refractivity (Wildman–Crippen MR) is 78.7 cm³/mol. The van der Waals surface area contributed by atoms with Gasteiger partial charge in [-0.15, -0.1) is 0 Å². The SMILES string of the molecule is COc1ccccc1COC1(C)OC(=O)c2ccccc2O1. The van der Waals surface area contributed by atoms with Gasteiger partial charge in [0.2, 0.25) is 0 Å². The van der Waals surface area contributed by atoms with Gasteiger partial charge in [-0.25, -0.2) is 4.79 Å². The number of hydrogen-bond acceptors (Lipinski definition) is 5. The summed E-state index contributed by atoms with van der Waals surface area (Å²) in [6.45, 7) is 1.76. The molecule has 5 heteroatoms. The Morgan fingerprint density at radius 2 is 1.77 bits per heavy atom. The van der Waals surface area contributed by atoms with Gasteiger partial charge in [-0.3, -0.25) is 0 Å². The maximum Gasteiger partial charge on any atom is 0.371 e. The second-order valence-corrected chi connectivity index (χ2v) is 4.95. The number of cyclic esters (lactones) is 1. The van der Waals surface area contributed by atoms with Crippen LogP contribution in [0.2, 0.25) is 0 Å². The number of carbonyl (C=O) groups excluding carboxylic acids is 1. The number of hydrogen-bond donors (Lipinski definition) is 0. The fourth-order valence-electron chi connectivity index (χ4n) is 2.26. The van der Waals surface area contributed by atoms with E-state index in [1.54, 1.807) is 38.3 Å². The molecule has 1 heterocycles. The maximum atomic E-state index is 12.0. The Morgan fingerprint density at radius 1 is 1.05 bits per heavy atom. The van der Waals surface area contributed by atoms with E-state index in [1.807, 2.05) is 24.3 Å². The minimum atomic E-state index is -1.47. The smallest absolute Gasteiger partial charge is 0.371 e. The van der Waals surface area contributed by atoms with E-state index in [0.29, 0.717) is 17.1 Å². The number of benzene rings is 2. The van der Waals surface area contributed by atoms with E-state index >= 15 is 0 Å². The van der Waals surface area contributed by atoms with Crippen molar-refractivity contribution in [2.75, 3.05) is 7.11 Å². The van der Waals surface area contributed by atoms with Crippen LogP contribution < -0.4 is 9.47 Å². The first-order chi connectivity index (χ1) is 10.6. The lowest BCUT2D eigenvalue weighted by molar-refractivity contribution is -0.314. The van der Waals surface area contributed by atoms with Crippen LogP contribution in [0, 0.1) is 0 Å². The number of fused-ring (bicyclic) bond motifs is 1. The van der Waals surface area contributed by atoms with Crippen molar-refractivity contribution in [2.24, 2.45) is 0 Å². The van der Waals surface area contributed by atoms with Gasteiger partial charge in [0.05, 0.1) is 13.7 Å². The molecule has 0 amide bonds. The Morgan fingerprint density at radius 3 is 2.59 bits per heavy atom. The van der Waals surface area contributed by atoms with Gasteiger partial charge in [0.15, 0.2) is 0 Å². The van der Waals surface area contributed by atoms with Crippen molar-refractivity contribution in [3.05, 3.63) is 59.7 Å². The molecule has 0 fully saturated rings. The van der Waals surface area contributed by atoms with Crippen LogP contribution in [0.5, 0.6) is 11.5 Å². The van der Waals surface area contributed by atoms with Crippen LogP contribution in [0.3, 0.4) is 0 Å². The molecule has 0 spiro atoms. The minimum Gasteiger partial charge on any atom is -0.496 e. The van der Waals surface area contributed by atoms with Gasteiger partial charge in [-0.05, 0) is 18.2 Å². The van der Waals surface area contributed by atoms with Gasteiger partial charge in [-0.2, -0.15) is 0 Å². The molecular formula is C17H16O5. The highest BCUT2D eigenvalue weighted by Gasteiger charge is 2.39. The Hall–Kier alpha value is -2.53. The molecule has 0 saturated carbocycles. The second-order valence-electron chi connectivity index (χ2n) is 4.95. The molecule has 0 N–H and O–H groups in total. The summed E-state index contributed by atoms with van der Waals surface area (Å²) in [6.07, 6.45) is 0. The van der Waals surface area contributed by atoms with Gasteiger partial charge in [-0.1, -0.05) is 30.3 Å². The fourth-order valence-corrected chi connectivity index (χ4v) is 2.26. The summed E-state index contributed by atoms with van der Waals surface area (Å²) in [4.78, 5) is 12.0. The summed E-state index contributed by atoms with van der Waals surface area (Å²) in [5.41, 5.74) is 1.23. The van der Waals surface area contributed by atoms with Gasteiger partial charge in [0.1, 0.15) is 17.1 Å². The Kier molecular flexibility index (Phi) is 3.73. The van der Waals surface area contributed by atoms with Gasteiger partial charge in [0, 0.05) is 12.5 Å². The third-order valence-electron chi connectivity index (χ3n) is 3.36. The summed E-state index contributed by atoms with van der Waals surface area (Å²) in [5.74, 6) is -0.786. The number of para-hydroxylation sites is 2. The summed E-state index contributed by atoms with van der Waals surface area (Å²) >= 11 is 0. The molecule has 0 saturated heterocycles. The number of methoxy groups -OCH3 is 1. The molecule has 3 rings (SSSR count). The summed E-state index contributed by atoms with van der Waals surface area (Å²) in [6, 6.07) is 14.4. The summed E-state index contributed by atoms with van der Waals surface area (Å²) in [5, 5.41) is 0. The van der Waals surface area contributed by atoms with E-state index in [9.17, 15) is 4.79 Å². The van der Waals surface area contributed by atoms with Crippen molar-refractivity contribution in [1.82, 2.24) is 0 Å². The quantitative estimate of drug-likeness (QED) is 0.812. The van der Waals surface area contributed by atoms with Gasteiger partial charge in [0.25, 0.3) is 0 Å². The third-order valence-corrected chi connectivity index (χ3v) is 3.36. The van der Waals surface area contributed by atoms with Crippen LogP contribution in [0.4, 0.5) is 0 Å². The maximum absolute atomic E-state index is 12.0. The van der Waals surface area contributed by atoms with E-state index in [4.69, 9.17) is 18.9 Å². The molecular weight excluding hydrogens is 284 g/mol. The second kappa shape index (κ2) is 5.69. The monoisotopic (exact) mass is 300 g/mol. The van der Waals surface area contributed by atoms with Crippen LogP contribution in [-0.4, -0.2) is 19.1 Å². The highest BCUT2D eigenvalue weighted by molar-refractivity contribution is 5.93. The van der Waals surface area contributed by atoms with Crippen LogP contribution in [-0.2, 0) is 16.1 Å². The lowest BCUT2D eigenvalue weighted by Crippen LogP contribution is -2.44. The normalized spacial score (nSPS) is 19.8. The molecule has 0 radical (unpaired) electrons. The number of rotatable bonds is 4. The Labute approximate surface area is 128 Å². The molecule has 0 aromatic heterocycles. The third kappa shape index (κ3) is 2.76. The zero-order valence-corrected chi connectivity index (χ0v) is 12.4. The highest BCUT2D eigenvalue weighted by atomic mass is 16.9. The Balaban J connectivity index is 1.77. The van der Waals surface area contributed by atoms with E-state index < -0.39 is 11.9 Å². The summed E-state index contributed by atoms with van der Waals surface area (Å²) < 4.78 is 21.9. The van der Waals surface area contributed by atoms with Crippen LogP contribution in [0.15, 0.2) is 48.5 Å². The Bertz CT molecular complexity index is 697. The van der Waals surface area contributed by atoms with Crippen LogP contribution in [0.1, 0.15) is 22.8 Å². The predicted octanol–water partition coefficient (Wildman–Crippen LogP) is 3.13. The first kappa shape index (κ1) is 14.4. The van der Waals surface area contributed by atoms with Crippen molar-refractivity contribution >= 4 is 5.97 Å². The largest absolute Gasteiger partial charge is 0.496 e. The average molecular weight is 300 g/mol. The van der Waals surface area contributed by atoms with E-state index in [-0.39, 0.29) is 6.61 Å². The minimum absolute atomic E-state index is 0.190. The zero-order valence-electron chi connectivity index (χ0n) is 12.4. The number of carbonyl (C=O) groups is 1. The lowest BCUT2D eigenvalue weighted by Gasteiger charge is -2.33. The van der Waals surface area contributed by atoms with E-state index in [0.717, 1.165) is 5.56 Å². The summed E-state index contributed by atoms with van der Waals surface area (Å²) in [7, 11) is 1.59. The van der Waals surface area contributed by atoms with Crippen molar-refractivity contribution in [1.29, 1.82) is 0 Å². The van der Waals surface area contributed by atoms with Gasteiger partial charge >= 0.3 is 11.9 Å². The molecule has 1 unspecified atom stereocenters. The van der Waals surface area contributed by atoms with Crippen molar-refractivity contribution < 1.29 is 23.7 Å². The van der Waals surface area contributed by atoms with E-state index in [1.165, 1.54) is 0 Å². The fraction of sp³-hybridized carbons (Fsp3) is 0.235. The number of ether oxygens (including phenoxy) is 4. The number of esters is 1. The molecule has 0 bridgehead atoms. The van der Waals surface area contributed by atoms with Crippen molar-refractivity contribution in [3.63, 3.8) is 0 Å². The first-order valence-corrected chi connectivity index (χ1v) is 6.88. The molecule has 1 atom stereocenters. The van der Waals surface area contributed by atoms with Crippen molar-refractivity contribution in [3.8, 4) is 11.5 Å². The molecule has 22 heavy (non-hydrogen) atoms. The topological polar surface area (TPSA) is 54.0 Å². The standard InChI is InChI=1S/C17H16O5/c1-17(20-11-12-7-3-5-9-14(12)19-2)21-15-10-6-4-8-13(15)16(18)22-17/h3-10H,11H2,1-2H3. The van der Waals surface area contributed by atoms with Gasteiger partial charge < -0.3 is 18.9 Å². The molecule has 2 aromatic rings. The average Bonchev–Trinajstić information content (AvgIpc) is 2.53.